The third-order valence-corrected chi connectivity index (χ3v) is 11.5. The zero-order chi connectivity index (χ0) is 36.6. The van der Waals surface area contributed by atoms with E-state index in [2.05, 4.69) is 115 Å². The lowest BCUT2D eigenvalue weighted by Gasteiger charge is -2.22. The maximum Gasteiger partial charge on any atom is 0.164 e. The Morgan fingerprint density at radius 2 is 0.709 bits per heavy atom. The molecule has 2 aromatic heterocycles. The van der Waals surface area contributed by atoms with E-state index in [0.717, 1.165) is 62.2 Å². The van der Waals surface area contributed by atoms with Gasteiger partial charge in [-0.15, -0.1) is 0 Å². The number of rotatable bonds is 8. The van der Waals surface area contributed by atoms with Crippen LogP contribution in [0.1, 0.15) is 37.2 Å². The van der Waals surface area contributed by atoms with Gasteiger partial charge in [0.05, 0.1) is 11.4 Å². The predicted octanol–water partition coefficient (Wildman–Crippen LogP) is 12.2. The van der Waals surface area contributed by atoms with Gasteiger partial charge in [-0.2, -0.15) is 0 Å². The highest BCUT2D eigenvalue weighted by Gasteiger charge is 2.40. The molecule has 6 aromatic carbocycles. The second kappa shape index (κ2) is 14.3. The molecule has 5 heteroatoms. The molecule has 10 rings (SSSR count). The Bertz CT molecular complexity index is 2570. The van der Waals surface area contributed by atoms with E-state index in [-0.39, 0.29) is 0 Å². The minimum Gasteiger partial charge on any atom is -0.228 e. The van der Waals surface area contributed by atoms with Gasteiger partial charge in [0.15, 0.2) is 23.3 Å². The molecule has 55 heavy (non-hydrogen) atoms. The molecule has 264 valence electrons. The standard InChI is InChI=1S/C50H39N5/c1-4-10-34(11-5-1)35-18-26-41(27-19-35)49-53-48(40-14-8-3-9-15-40)54-50(55-49)42-28-24-38(25-29-42)46-32-45(51-47(52-46)39-12-6-2-7-13-39)37-22-20-36(21-23-37)44-31-33-16-17-43(44)30-33/h1-15,18-29,32-33,43-44H,16-17,30-31H2. The Labute approximate surface area is 321 Å². The average molecular weight is 710 g/mol. The number of hydrogen-bond donors (Lipinski definition) is 0. The average Bonchev–Trinajstić information content (AvgIpc) is 3.92. The van der Waals surface area contributed by atoms with Crippen LogP contribution in [-0.2, 0) is 0 Å². The van der Waals surface area contributed by atoms with E-state index in [0.29, 0.717) is 29.2 Å². The molecule has 3 unspecified atom stereocenters. The number of benzene rings is 6. The SMILES string of the molecule is c1ccc(-c2ccc(-c3nc(-c4ccccc4)nc(-c4ccc(-c5cc(-c6ccc(C7CC8CCC7C8)cc6)nc(-c6ccccc6)n5)cc4)n3)cc2)cc1. The molecule has 0 saturated heterocycles. The van der Waals surface area contributed by atoms with Crippen molar-refractivity contribution in [2.45, 2.75) is 31.6 Å². The van der Waals surface area contributed by atoms with Crippen LogP contribution in [0.2, 0.25) is 0 Å². The normalized spacial score (nSPS) is 17.3. The monoisotopic (exact) mass is 709 g/mol. The summed E-state index contributed by atoms with van der Waals surface area (Å²) in [6.45, 7) is 0. The highest BCUT2D eigenvalue weighted by molar-refractivity contribution is 5.75. The summed E-state index contributed by atoms with van der Waals surface area (Å²) in [5, 5.41) is 0. The zero-order valence-electron chi connectivity index (χ0n) is 30.5. The molecular formula is C50H39N5. The van der Waals surface area contributed by atoms with Crippen molar-refractivity contribution in [3.8, 4) is 79.2 Å². The van der Waals surface area contributed by atoms with Crippen molar-refractivity contribution >= 4 is 0 Å². The van der Waals surface area contributed by atoms with Gasteiger partial charge in [-0.25, -0.2) is 24.9 Å². The van der Waals surface area contributed by atoms with Gasteiger partial charge < -0.3 is 0 Å². The summed E-state index contributed by atoms with van der Waals surface area (Å²) >= 11 is 0. The van der Waals surface area contributed by atoms with Crippen molar-refractivity contribution in [2.75, 3.05) is 0 Å². The molecule has 8 aromatic rings. The fraction of sp³-hybridized carbons (Fsp3) is 0.140. The molecule has 0 radical (unpaired) electrons. The predicted molar refractivity (Wildman–Crippen MR) is 222 cm³/mol. The fourth-order valence-electron chi connectivity index (χ4n) is 8.60. The molecule has 0 aliphatic heterocycles. The van der Waals surface area contributed by atoms with Crippen molar-refractivity contribution < 1.29 is 0 Å². The van der Waals surface area contributed by atoms with E-state index < -0.39 is 0 Å². The quantitative estimate of drug-likeness (QED) is 0.157. The molecule has 2 saturated carbocycles. The van der Waals surface area contributed by atoms with E-state index in [1.54, 1.807) is 0 Å². The summed E-state index contributed by atoms with van der Waals surface area (Å²) in [5.74, 6) is 5.08. The van der Waals surface area contributed by atoms with E-state index in [9.17, 15) is 0 Å². The maximum atomic E-state index is 5.09. The highest BCUT2D eigenvalue weighted by Crippen LogP contribution is 2.53. The van der Waals surface area contributed by atoms with Gasteiger partial charge in [0.25, 0.3) is 0 Å². The first kappa shape index (κ1) is 33.0. The first-order chi connectivity index (χ1) is 27.2. The molecule has 2 fully saturated rings. The Morgan fingerprint density at radius 1 is 0.327 bits per heavy atom. The minimum atomic E-state index is 0.617. The Morgan fingerprint density at radius 3 is 1.16 bits per heavy atom. The van der Waals surface area contributed by atoms with Gasteiger partial charge in [-0.1, -0.05) is 170 Å². The van der Waals surface area contributed by atoms with Crippen LogP contribution in [-0.4, -0.2) is 24.9 Å². The molecule has 2 aliphatic rings. The van der Waals surface area contributed by atoms with Crippen molar-refractivity contribution in [1.29, 1.82) is 0 Å². The van der Waals surface area contributed by atoms with Crippen LogP contribution in [0.4, 0.5) is 0 Å². The van der Waals surface area contributed by atoms with Gasteiger partial charge >= 0.3 is 0 Å². The van der Waals surface area contributed by atoms with Crippen molar-refractivity contribution in [3.05, 3.63) is 175 Å². The van der Waals surface area contributed by atoms with Crippen molar-refractivity contribution in [1.82, 2.24) is 24.9 Å². The molecule has 0 amide bonds. The van der Waals surface area contributed by atoms with Gasteiger partial charge in [-0.3, -0.25) is 0 Å². The Hall–Kier alpha value is -6.59. The second-order valence-corrected chi connectivity index (χ2v) is 14.9. The molecule has 0 spiro atoms. The first-order valence-electron chi connectivity index (χ1n) is 19.3. The van der Waals surface area contributed by atoms with Crippen LogP contribution >= 0.6 is 0 Å². The number of aromatic nitrogens is 5. The third-order valence-electron chi connectivity index (χ3n) is 11.5. The molecule has 0 N–H and O–H groups in total. The summed E-state index contributed by atoms with van der Waals surface area (Å²) < 4.78 is 0. The second-order valence-electron chi connectivity index (χ2n) is 14.9. The van der Waals surface area contributed by atoms with Crippen LogP contribution < -0.4 is 0 Å². The van der Waals surface area contributed by atoms with E-state index in [4.69, 9.17) is 24.9 Å². The third kappa shape index (κ3) is 6.74. The van der Waals surface area contributed by atoms with Crippen LogP contribution in [0, 0.1) is 11.8 Å². The lowest BCUT2D eigenvalue weighted by molar-refractivity contribution is 0.420. The van der Waals surface area contributed by atoms with E-state index in [1.165, 1.54) is 36.8 Å². The molecule has 2 heterocycles. The summed E-state index contributed by atoms with van der Waals surface area (Å²) in [5.41, 5.74) is 11.4. The number of fused-ring (bicyclic) bond motifs is 2. The Balaban J connectivity index is 0.997. The van der Waals surface area contributed by atoms with Crippen LogP contribution in [0.3, 0.4) is 0 Å². The lowest BCUT2D eigenvalue weighted by Crippen LogP contribution is -2.08. The summed E-state index contributed by atoms with van der Waals surface area (Å²) in [6, 6.07) is 58.8. The zero-order valence-corrected chi connectivity index (χ0v) is 30.5. The smallest absolute Gasteiger partial charge is 0.164 e. The summed E-state index contributed by atoms with van der Waals surface area (Å²) in [4.78, 5) is 25.1. The number of nitrogens with zero attached hydrogens (tertiary/aromatic N) is 5. The molecule has 2 bridgehead atoms. The first-order valence-corrected chi connectivity index (χ1v) is 19.3. The molecule has 3 atom stereocenters. The van der Waals surface area contributed by atoms with E-state index in [1.807, 2.05) is 54.6 Å². The van der Waals surface area contributed by atoms with E-state index >= 15 is 0 Å². The van der Waals surface area contributed by atoms with Gasteiger partial charge in [0.2, 0.25) is 0 Å². The molecule has 5 nitrogen and oxygen atoms in total. The summed E-state index contributed by atoms with van der Waals surface area (Å²) in [7, 11) is 0. The fourth-order valence-corrected chi connectivity index (χ4v) is 8.60. The lowest BCUT2D eigenvalue weighted by atomic mass is 9.83. The van der Waals surface area contributed by atoms with Crippen molar-refractivity contribution in [3.63, 3.8) is 0 Å². The largest absolute Gasteiger partial charge is 0.228 e. The van der Waals surface area contributed by atoms with Crippen LogP contribution in [0.15, 0.2) is 170 Å². The highest BCUT2D eigenvalue weighted by atomic mass is 15.0. The van der Waals surface area contributed by atoms with Crippen LogP contribution in [0.25, 0.3) is 79.2 Å². The minimum absolute atomic E-state index is 0.617. The summed E-state index contributed by atoms with van der Waals surface area (Å²) in [6.07, 6.45) is 5.56. The Kier molecular flexibility index (Phi) is 8.60. The van der Waals surface area contributed by atoms with Gasteiger partial charge in [-0.05, 0) is 59.8 Å². The van der Waals surface area contributed by atoms with Gasteiger partial charge in [0.1, 0.15) is 0 Å². The maximum absolute atomic E-state index is 5.09. The van der Waals surface area contributed by atoms with Crippen molar-refractivity contribution in [2.24, 2.45) is 11.8 Å². The molecule has 2 aliphatic carbocycles. The molecular weight excluding hydrogens is 671 g/mol. The number of hydrogen-bond acceptors (Lipinski definition) is 5. The van der Waals surface area contributed by atoms with Crippen LogP contribution in [0.5, 0.6) is 0 Å². The topological polar surface area (TPSA) is 64.5 Å². The van der Waals surface area contributed by atoms with Gasteiger partial charge in [0, 0.05) is 33.4 Å².